The Morgan fingerprint density at radius 3 is 2.31 bits per heavy atom. The second-order valence-corrected chi connectivity index (χ2v) is 3.53. The molecule has 0 unspecified atom stereocenters. The van der Waals surface area contributed by atoms with Crippen molar-refractivity contribution in [3.8, 4) is 0 Å². The van der Waals surface area contributed by atoms with Gasteiger partial charge in [-0.1, -0.05) is 0 Å². The van der Waals surface area contributed by atoms with Gasteiger partial charge in [-0.25, -0.2) is 0 Å². The molecule has 1 saturated heterocycles. The lowest BCUT2D eigenvalue weighted by Gasteiger charge is -2.33. The molecule has 0 saturated carbocycles. The largest absolute Gasteiger partial charge is 0.385 e. The highest BCUT2D eigenvalue weighted by Crippen LogP contribution is 2.01. The molecule has 1 rings (SSSR count). The first-order chi connectivity index (χ1) is 6.36. The Morgan fingerprint density at radius 1 is 1.15 bits per heavy atom. The van der Waals surface area contributed by atoms with Crippen molar-refractivity contribution < 1.29 is 4.74 Å². The van der Waals surface area contributed by atoms with Crippen LogP contribution < -0.4 is 0 Å². The predicted octanol–water partition coefficient (Wildman–Crippen LogP) is 0.475. The molecule has 0 atom stereocenters. The lowest BCUT2D eigenvalue weighted by Crippen LogP contribution is -2.46. The van der Waals surface area contributed by atoms with Crippen molar-refractivity contribution in [1.29, 1.82) is 0 Å². The third-order valence-corrected chi connectivity index (χ3v) is 2.60. The highest BCUT2D eigenvalue weighted by Gasteiger charge is 2.14. The van der Waals surface area contributed by atoms with Crippen LogP contribution in [0.5, 0.6) is 0 Å². The summed E-state index contributed by atoms with van der Waals surface area (Å²) in [5.41, 5.74) is 0. The topological polar surface area (TPSA) is 15.7 Å². The summed E-state index contributed by atoms with van der Waals surface area (Å²) < 4.78 is 5.03. The molecule has 0 bridgehead atoms. The van der Waals surface area contributed by atoms with Gasteiger partial charge in [0, 0.05) is 46.4 Å². The number of ether oxygens (including phenoxy) is 1. The fraction of sp³-hybridized carbons (Fsp3) is 0.900. The van der Waals surface area contributed by atoms with Crippen LogP contribution in [0.15, 0.2) is 0 Å². The quantitative estimate of drug-likeness (QED) is 0.579. The van der Waals surface area contributed by atoms with Crippen LogP contribution in [-0.2, 0) is 4.74 Å². The zero-order valence-electron chi connectivity index (χ0n) is 8.67. The zero-order chi connectivity index (χ0) is 9.52. The van der Waals surface area contributed by atoms with Crippen LogP contribution in [0.3, 0.4) is 0 Å². The molecule has 0 aliphatic carbocycles. The van der Waals surface area contributed by atoms with E-state index in [1.165, 1.54) is 32.7 Å². The molecule has 0 aromatic rings. The van der Waals surface area contributed by atoms with Crippen molar-refractivity contribution in [1.82, 2.24) is 9.80 Å². The lowest BCUT2D eigenvalue weighted by molar-refractivity contribution is 0.123. The van der Waals surface area contributed by atoms with Gasteiger partial charge in [0.1, 0.15) is 0 Å². The summed E-state index contributed by atoms with van der Waals surface area (Å²) in [6.45, 7) is 11.7. The van der Waals surface area contributed by atoms with E-state index >= 15 is 0 Å². The van der Waals surface area contributed by atoms with E-state index in [1.54, 1.807) is 7.11 Å². The van der Waals surface area contributed by atoms with Gasteiger partial charge in [-0.2, -0.15) is 0 Å². The van der Waals surface area contributed by atoms with Crippen LogP contribution in [0.4, 0.5) is 0 Å². The normalized spacial score (nSPS) is 20.8. The molecular weight excluding hydrogens is 164 g/mol. The average Bonchev–Trinajstić information content (AvgIpc) is 2.19. The number of rotatable bonds is 5. The molecule has 0 N–H and O–H groups in total. The van der Waals surface area contributed by atoms with Crippen LogP contribution in [0.2, 0.25) is 0 Å². The first-order valence-electron chi connectivity index (χ1n) is 5.09. The van der Waals surface area contributed by atoms with Gasteiger partial charge in [-0.15, -0.1) is 0 Å². The standard InChI is InChI=1S/C10H21N2O/c1-3-11-6-8-12(9-7-11)5-4-10-13-2/h1,3-10H2,2H3. The highest BCUT2D eigenvalue weighted by atomic mass is 16.5. The van der Waals surface area contributed by atoms with Crippen LogP contribution in [-0.4, -0.2) is 62.8 Å². The van der Waals surface area contributed by atoms with Crippen LogP contribution in [0.1, 0.15) is 6.42 Å². The average molecular weight is 185 g/mol. The molecule has 77 valence electrons. The summed E-state index contributed by atoms with van der Waals surface area (Å²) in [5, 5.41) is 0. The number of piperazine rings is 1. The van der Waals surface area contributed by atoms with Gasteiger partial charge in [0.25, 0.3) is 0 Å². The van der Waals surface area contributed by atoms with Gasteiger partial charge < -0.3 is 14.5 Å². The first-order valence-corrected chi connectivity index (χ1v) is 5.09. The van der Waals surface area contributed by atoms with E-state index in [-0.39, 0.29) is 0 Å². The summed E-state index contributed by atoms with van der Waals surface area (Å²) in [6, 6.07) is 0. The van der Waals surface area contributed by atoms with E-state index in [9.17, 15) is 0 Å². The zero-order valence-corrected chi connectivity index (χ0v) is 8.67. The maximum absolute atomic E-state index is 5.03. The molecule has 0 aromatic carbocycles. The summed E-state index contributed by atoms with van der Waals surface area (Å²) in [4.78, 5) is 4.90. The minimum Gasteiger partial charge on any atom is -0.385 e. The van der Waals surface area contributed by atoms with E-state index in [2.05, 4.69) is 16.7 Å². The summed E-state index contributed by atoms with van der Waals surface area (Å²) >= 11 is 0. The molecule has 3 heteroatoms. The van der Waals surface area contributed by atoms with E-state index in [0.29, 0.717) is 0 Å². The van der Waals surface area contributed by atoms with Gasteiger partial charge in [-0.3, -0.25) is 0 Å². The maximum Gasteiger partial charge on any atom is 0.0474 e. The third kappa shape index (κ3) is 4.07. The Kier molecular flexibility index (Phi) is 5.35. The molecule has 0 aromatic heterocycles. The van der Waals surface area contributed by atoms with Crippen LogP contribution in [0.25, 0.3) is 0 Å². The van der Waals surface area contributed by atoms with Crippen molar-refractivity contribution >= 4 is 0 Å². The number of nitrogens with zero attached hydrogens (tertiary/aromatic N) is 2. The molecule has 1 fully saturated rings. The van der Waals surface area contributed by atoms with E-state index in [1.807, 2.05) is 0 Å². The van der Waals surface area contributed by atoms with Gasteiger partial charge >= 0.3 is 0 Å². The van der Waals surface area contributed by atoms with Gasteiger partial charge in [0.05, 0.1) is 0 Å². The Balaban J connectivity index is 2.03. The monoisotopic (exact) mass is 185 g/mol. The summed E-state index contributed by atoms with van der Waals surface area (Å²) in [5.74, 6) is 0. The van der Waals surface area contributed by atoms with Gasteiger partial charge in [0.15, 0.2) is 0 Å². The third-order valence-electron chi connectivity index (χ3n) is 2.60. The molecule has 1 heterocycles. The Morgan fingerprint density at radius 2 is 1.77 bits per heavy atom. The first kappa shape index (κ1) is 11.0. The SMILES string of the molecule is [CH2]CN1CCN(CCCOC)CC1. The second kappa shape index (κ2) is 6.35. The van der Waals surface area contributed by atoms with Gasteiger partial charge in [0.2, 0.25) is 0 Å². The maximum atomic E-state index is 5.03. The van der Waals surface area contributed by atoms with E-state index in [4.69, 9.17) is 4.74 Å². The van der Waals surface area contributed by atoms with E-state index in [0.717, 1.165) is 19.6 Å². The fourth-order valence-electron chi connectivity index (χ4n) is 1.67. The minimum absolute atomic E-state index is 0.884. The second-order valence-electron chi connectivity index (χ2n) is 3.53. The number of hydrogen-bond donors (Lipinski definition) is 0. The molecule has 3 nitrogen and oxygen atoms in total. The van der Waals surface area contributed by atoms with Crippen molar-refractivity contribution in [3.63, 3.8) is 0 Å². The molecule has 13 heavy (non-hydrogen) atoms. The smallest absolute Gasteiger partial charge is 0.0474 e. The Bertz CT molecular complexity index is 119. The number of hydrogen-bond acceptors (Lipinski definition) is 3. The fourth-order valence-corrected chi connectivity index (χ4v) is 1.67. The molecule has 1 radical (unpaired) electrons. The molecule has 1 aliphatic rings. The molecule has 0 amide bonds. The molecular formula is C10H21N2O. The molecule has 1 aliphatic heterocycles. The van der Waals surface area contributed by atoms with Crippen molar-refractivity contribution in [2.24, 2.45) is 0 Å². The van der Waals surface area contributed by atoms with Crippen molar-refractivity contribution in [2.45, 2.75) is 6.42 Å². The van der Waals surface area contributed by atoms with Crippen molar-refractivity contribution in [3.05, 3.63) is 6.92 Å². The minimum atomic E-state index is 0.884. The van der Waals surface area contributed by atoms with E-state index < -0.39 is 0 Å². The Labute approximate surface area is 81.7 Å². The van der Waals surface area contributed by atoms with Crippen molar-refractivity contribution in [2.75, 3.05) is 53.0 Å². The van der Waals surface area contributed by atoms with Crippen LogP contribution >= 0.6 is 0 Å². The Hall–Kier alpha value is -0.120. The lowest BCUT2D eigenvalue weighted by atomic mass is 10.3. The predicted molar refractivity (Wildman–Crippen MR) is 54.7 cm³/mol. The summed E-state index contributed by atoms with van der Waals surface area (Å²) in [7, 11) is 1.76. The van der Waals surface area contributed by atoms with Gasteiger partial charge in [-0.05, 0) is 19.9 Å². The number of methoxy groups -OCH3 is 1. The van der Waals surface area contributed by atoms with Crippen LogP contribution in [0, 0.1) is 6.92 Å². The summed E-state index contributed by atoms with van der Waals surface area (Å²) in [6.07, 6.45) is 1.15. The highest BCUT2D eigenvalue weighted by molar-refractivity contribution is 4.71. The molecule has 0 spiro atoms.